The van der Waals surface area contributed by atoms with Crippen molar-refractivity contribution in [3.05, 3.63) is 81.8 Å². The maximum absolute atomic E-state index is 12.6. The van der Waals surface area contributed by atoms with Crippen LogP contribution in [0.2, 0.25) is 10.0 Å². The minimum absolute atomic E-state index is 0.241. The quantitative estimate of drug-likeness (QED) is 0.0997. The van der Waals surface area contributed by atoms with Crippen LogP contribution in [0.1, 0.15) is 35.7 Å². The summed E-state index contributed by atoms with van der Waals surface area (Å²) in [5.41, 5.74) is 3.34. The molecule has 0 aliphatic rings. The van der Waals surface area contributed by atoms with Gasteiger partial charge in [-0.25, -0.2) is 10.2 Å². The number of hydrogen-bond acceptors (Lipinski definition) is 7. The van der Waals surface area contributed by atoms with Gasteiger partial charge in [0.2, 0.25) is 0 Å². The van der Waals surface area contributed by atoms with Crippen LogP contribution >= 0.6 is 23.2 Å². The Hall–Kier alpha value is -3.75. The van der Waals surface area contributed by atoms with E-state index >= 15 is 0 Å². The minimum atomic E-state index is -0.534. The average molecular weight is 545 g/mol. The van der Waals surface area contributed by atoms with Gasteiger partial charge in [0.05, 0.1) is 30.5 Å². The molecule has 0 aliphatic carbocycles. The number of ether oxygens (including phenoxy) is 4. The molecule has 10 heteroatoms. The number of benzene rings is 3. The highest BCUT2D eigenvalue weighted by Crippen LogP contribution is 2.29. The number of nitrogens with zero attached hydrogens (tertiary/aromatic N) is 1. The lowest BCUT2D eigenvalue weighted by Gasteiger charge is -2.10. The number of halogens is 2. The van der Waals surface area contributed by atoms with Crippen molar-refractivity contribution in [3.8, 4) is 23.0 Å². The van der Waals surface area contributed by atoms with Gasteiger partial charge >= 0.3 is 5.97 Å². The summed E-state index contributed by atoms with van der Waals surface area (Å²) in [6, 6.07) is 16.3. The standard InChI is InChI=1S/C27H26Cl2N2O6/c1-3-4-13-35-21-9-6-19(7-10-21)27(33)37-24-11-5-18(14-25(24)34-2)16-30-31-26(32)17-36-23-12-8-20(28)15-22(23)29/h5-12,14-16H,3-4,13,17H2,1-2H3,(H,31,32)/b30-16-. The van der Waals surface area contributed by atoms with Gasteiger partial charge in [0.15, 0.2) is 18.1 Å². The van der Waals surface area contributed by atoms with Gasteiger partial charge in [0.1, 0.15) is 11.5 Å². The Morgan fingerprint density at radius 3 is 2.41 bits per heavy atom. The van der Waals surface area contributed by atoms with Crippen molar-refractivity contribution in [2.75, 3.05) is 20.3 Å². The molecule has 3 rings (SSSR count). The van der Waals surface area contributed by atoms with E-state index in [9.17, 15) is 9.59 Å². The molecule has 0 fully saturated rings. The summed E-state index contributed by atoms with van der Waals surface area (Å²) in [5, 5.41) is 4.66. The van der Waals surface area contributed by atoms with E-state index in [-0.39, 0.29) is 12.4 Å². The number of carbonyl (C=O) groups is 2. The monoisotopic (exact) mass is 544 g/mol. The SMILES string of the molecule is CCCCOc1ccc(C(=O)Oc2ccc(/C=N\NC(=O)COc3ccc(Cl)cc3Cl)cc2OC)cc1. The second kappa shape index (κ2) is 14.1. The van der Waals surface area contributed by atoms with Gasteiger partial charge in [-0.15, -0.1) is 0 Å². The largest absolute Gasteiger partial charge is 0.494 e. The fraction of sp³-hybridized carbons (Fsp3) is 0.222. The van der Waals surface area contributed by atoms with E-state index in [0.29, 0.717) is 45.0 Å². The molecular formula is C27H26Cl2N2O6. The van der Waals surface area contributed by atoms with Crippen LogP contribution in [0.3, 0.4) is 0 Å². The molecule has 0 saturated carbocycles. The van der Waals surface area contributed by atoms with E-state index in [1.165, 1.54) is 19.4 Å². The van der Waals surface area contributed by atoms with Gasteiger partial charge < -0.3 is 18.9 Å². The summed E-state index contributed by atoms with van der Waals surface area (Å²) in [5.74, 6) is 0.568. The lowest BCUT2D eigenvalue weighted by molar-refractivity contribution is -0.123. The second-order valence-electron chi connectivity index (χ2n) is 7.68. The number of methoxy groups -OCH3 is 1. The van der Waals surface area contributed by atoms with Crippen molar-refractivity contribution in [1.82, 2.24) is 5.43 Å². The van der Waals surface area contributed by atoms with Crippen molar-refractivity contribution >= 4 is 41.3 Å². The maximum atomic E-state index is 12.6. The third-order valence-electron chi connectivity index (χ3n) is 4.90. The van der Waals surface area contributed by atoms with Gasteiger partial charge in [0.25, 0.3) is 5.91 Å². The molecule has 0 bridgehead atoms. The fourth-order valence-corrected chi connectivity index (χ4v) is 3.44. The van der Waals surface area contributed by atoms with Crippen LogP contribution in [0.25, 0.3) is 0 Å². The van der Waals surface area contributed by atoms with E-state index in [4.69, 9.17) is 42.1 Å². The molecule has 1 amide bonds. The van der Waals surface area contributed by atoms with E-state index in [0.717, 1.165) is 12.8 Å². The number of esters is 1. The number of hydrogen-bond donors (Lipinski definition) is 1. The molecule has 1 N–H and O–H groups in total. The van der Waals surface area contributed by atoms with Crippen molar-refractivity contribution in [2.24, 2.45) is 5.10 Å². The Balaban J connectivity index is 1.53. The van der Waals surface area contributed by atoms with E-state index < -0.39 is 11.9 Å². The van der Waals surface area contributed by atoms with Crippen molar-refractivity contribution in [1.29, 1.82) is 0 Å². The third kappa shape index (κ3) is 8.70. The van der Waals surface area contributed by atoms with E-state index in [1.54, 1.807) is 54.6 Å². The van der Waals surface area contributed by atoms with Crippen LogP contribution in [0.15, 0.2) is 65.8 Å². The highest BCUT2D eigenvalue weighted by atomic mass is 35.5. The summed E-state index contributed by atoms with van der Waals surface area (Å²) >= 11 is 11.9. The molecule has 0 spiro atoms. The molecule has 0 aromatic heterocycles. The first-order valence-electron chi connectivity index (χ1n) is 11.4. The summed E-state index contributed by atoms with van der Waals surface area (Å²) in [4.78, 5) is 24.6. The second-order valence-corrected chi connectivity index (χ2v) is 8.53. The smallest absolute Gasteiger partial charge is 0.343 e. The van der Waals surface area contributed by atoms with Gasteiger partial charge in [0, 0.05) is 5.02 Å². The van der Waals surface area contributed by atoms with Crippen LogP contribution in [-0.4, -0.2) is 38.4 Å². The van der Waals surface area contributed by atoms with Crippen molar-refractivity contribution in [3.63, 3.8) is 0 Å². The molecule has 0 saturated heterocycles. The Kier molecular flexibility index (Phi) is 10.6. The van der Waals surface area contributed by atoms with Gasteiger partial charge in [-0.05, 0) is 72.6 Å². The Bertz CT molecular complexity index is 1250. The number of unbranched alkanes of at least 4 members (excludes halogenated alkanes) is 1. The molecule has 0 atom stereocenters. The summed E-state index contributed by atoms with van der Waals surface area (Å²) in [6.07, 6.45) is 3.42. The first-order chi connectivity index (χ1) is 17.9. The summed E-state index contributed by atoms with van der Waals surface area (Å²) < 4.78 is 21.8. The van der Waals surface area contributed by atoms with E-state index in [2.05, 4.69) is 17.5 Å². The zero-order valence-corrected chi connectivity index (χ0v) is 21.8. The first-order valence-corrected chi connectivity index (χ1v) is 12.2. The number of amides is 1. The number of nitrogens with one attached hydrogen (secondary N) is 1. The van der Waals surface area contributed by atoms with Crippen LogP contribution in [0.5, 0.6) is 23.0 Å². The van der Waals surface area contributed by atoms with Crippen LogP contribution in [0, 0.1) is 0 Å². The molecule has 3 aromatic rings. The molecule has 8 nitrogen and oxygen atoms in total. The van der Waals surface area contributed by atoms with Crippen LogP contribution in [-0.2, 0) is 4.79 Å². The number of carbonyl (C=O) groups excluding carboxylic acids is 2. The molecule has 0 heterocycles. The Morgan fingerprint density at radius 1 is 0.946 bits per heavy atom. The molecule has 3 aromatic carbocycles. The molecular weight excluding hydrogens is 519 g/mol. The first kappa shape index (κ1) is 27.8. The molecule has 0 aliphatic heterocycles. The van der Waals surface area contributed by atoms with E-state index in [1.807, 2.05) is 0 Å². The average Bonchev–Trinajstić information content (AvgIpc) is 2.89. The highest BCUT2D eigenvalue weighted by molar-refractivity contribution is 6.35. The molecule has 0 radical (unpaired) electrons. The maximum Gasteiger partial charge on any atom is 0.343 e. The predicted octanol–water partition coefficient (Wildman–Crippen LogP) is 5.93. The van der Waals surface area contributed by atoms with Crippen LogP contribution < -0.4 is 24.4 Å². The summed E-state index contributed by atoms with van der Waals surface area (Å²) in [7, 11) is 1.46. The number of hydrazone groups is 1. The van der Waals surface area contributed by atoms with Crippen molar-refractivity contribution in [2.45, 2.75) is 19.8 Å². The van der Waals surface area contributed by atoms with Crippen molar-refractivity contribution < 1.29 is 28.5 Å². The Labute approximate surface area is 225 Å². The van der Waals surface area contributed by atoms with Gasteiger partial charge in [-0.1, -0.05) is 36.5 Å². The lowest BCUT2D eigenvalue weighted by atomic mass is 10.2. The fourth-order valence-electron chi connectivity index (χ4n) is 2.98. The zero-order chi connectivity index (χ0) is 26.6. The predicted molar refractivity (Wildman–Crippen MR) is 142 cm³/mol. The summed E-state index contributed by atoms with van der Waals surface area (Å²) in [6.45, 7) is 2.43. The molecule has 37 heavy (non-hydrogen) atoms. The van der Waals surface area contributed by atoms with Gasteiger partial charge in [-0.3, -0.25) is 4.79 Å². The lowest BCUT2D eigenvalue weighted by Crippen LogP contribution is -2.24. The van der Waals surface area contributed by atoms with Crippen LogP contribution in [0.4, 0.5) is 0 Å². The third-order valence-corrected chi connectivity index (χ3v) is 5.43. The Morgan fingerprint density at radius 2 is 1.70 bits per heavy atom. The topological polar surface area (TPSA) is 95.5 Å². The zero-order valence-electron chi connectivity index (χ0n) is 20.3. The normalized spacial score (nSPS) is 10.7. The van der Waals surface area contributed by atoms with Gasteiger partial charge in [-0.2, -0.15) is 5.10 Å². The highest BCUT2D eigenvalue weighted by Gasteiger charge is 2.13. The number of rotatable bonds is 12. The molecule has 194 valence electrons. The molecule has 0 unspecified atom stereocenters. The minimum Gasteiger partial charge on any atom is -0.494 e.